The van der Waals surface area contributed by atoms with E-state index in [1.165, 1.54) is 92.6 Å². The highest BCUT2D eigenvalue weighted by molar-refractivity contribution is 6.21. The normalized spacial score (nSPS) is 13.8. The fraction of sp³-hybridized carbons (Fsp3) is 0.143. The second-order valence-corrected chi connectivity index (χ2v) is 12.1. The molecular formula is C42H34N2. The number of hydrogen-bond acceptors (Lipinski definition) is 2. The van der Waals surface area contributed by atoms with Gasteiger partial charge in [-0.1, -0.05) is 110 Å². The van der Waals surface area contributed by atoms with Crippen molar-refractivity contribution in [2.24, 2.45) is 0 Å². The van der Waals surface area contributed by atoms with Crippen molar-refractivity contribution in [1.29, 1.82) is 0 Å². The first kappa shape index (κ1) is 26.5. The Balaban J connectivity index is 1.42. The van der Waals surface area contributed by atoms with E-state index >= 15 is 0 Å². The Kier molecular flexibility index (Phi) is 6.96. The van der Waals surface area contributed by atoms with Gasteiger partial charge in [0.25, 0.3) is 0 Å². The molecule has 0 N–H and O–H groups in total. The van der Waals surface area contributed by atoms with Crippen LogP contribution in [-0.4, -0.2) is 9.97 Å². The van der Waals surface area contributed by atoms with Crippen LogP contribution in [0.5, 0.6) is 0 Å². The Hall–Kier alpha value is -5.08. The van der Waals surface area contributed by atoms with Crippen LogP contribution < -0.4 is 0 Å². The third-order valence-corrected chi connectivity index (χ3v) is 9.42. The molecule has 1 saturated carbocycles. The van der Waals surface area contributed by atoms with Gasteiger partial charge in [0.1, 0.15) is 0 Å². The highest BCUT2D eigenvalue weighted by Crippen LogP contribution is 2.46. The van der Waals surface area contributed by atoms with E-state index in [1.807, 2.05) is 36.9 Å². The Labute approximate surface area is 259 Å². The van der Waals surface area contributed by atoms with Crippen molar-refractivity contribution in [2.75, 3.05) is 0 Å². The van der Waals surface area contributed by atoms with Crippen molar-refractivity contribution in [3.63, 3.8) is 0 Å². The lowest BCUT2D eigenvalue weighted by Gasteiger charge is -2.24. The molecule has 0 bridgehead atoms. The van der Waals surface area contributed by atoms with Gasteiger partial charge in [0.05, 0.1) is 0 Å². The predicted octanol–water partition coefficient (Wildman–Crippen LogP) is 11.5. The summed E-state index contributed by atoms with van der Waals surface area (Å²) in [6.45, 7) is 0. The van der Waals surface area contributed by atoms with E-state index in [-0.39, 0.29) is 0 Å². The molecule has 0 amide bonds. The molecule has 1 aliphatic carbocycles. The molecule has 0 spiro atoms. The Morgan fingerprint density at radius 1 is 0.409 bits per heavy atom. The molecule has 2 heteroatoms. The third-order valence-electron chi connectivity index (χ3n) is 9.42. The van der Waals surface area contributed by atoms with Crippen molar-refractivity contribution < 1.29 is 0 Å². The number of aromatic nitrogens is 2. The Morgan fingerprint density at radius 3 is 1.50 bits per heavy atom. The number of rotatable bonds is 5. The van der Waals surface area contributed by atoms with Crippen LogP contribution >= 0.6 is 0 Å². The minimum absolute atomic E-state index is 0.631. The number of pyridine rings is 2. The zero-order chi connectivity index (χ0) is 29.3. The van der Waals surface area contributed by atoms with E-state index in [9.17, 15) is 0 Å². The minimum atomic E-state index is 0.631. The summed E-state index contributed by atoms with van der Waals surface area (Å²) < 4.78 is 0. The summed E-state index contributed by atoms with van der Waals surface area (Å²) in [5, 5.41) is 5.19. The molecule has 1 fully saturated rings. The minimum Gasteiger partial charge on any atom is -0.264 e. The average molecular weight is 567 g/mol. The van der Waals surface area contributed by atoms with Crippen LogP contribution in [0.4, 0.5) is 0 Å². The van der Waals surface area contributed by atoms with E-state index in [2.05, 4.69) is 113 Å². The topological polar surface area (TPSA) is 25.8 Å². The first-order valence-electron chi connectivity index (χ1n) is 15.8. The molecule has 0 saturated heterocycles. The maximum atomic E-state index is 4.40. The molecule has 212 valence electrons. The van der Waals surface area contributed by atoms with E-state index in [4.69, 9.17) is 0 Å². The quantitative estimate of drug-likeness (QED) is 0.194. The van der Waals surface area contributed by atoms with Gasteiger partial charge in [0.2, 0.25) is 0 Å². The summed E-state index contributed by atoms with van der Waals surface area (Å²) in [7, 11) is 0. The van der Waals surface area contributed by atoms with Crippen LogP contribution in [0.3, 0.4) is 0 Å². The van der Waals surface area contributed by atoms with Gasteiger partial charge in [-0.15, -0.1) is 0 Å². The molecule has 2 aromatic heterocycles. The Morgan fingerprint density at radius 2 is 0.932 bits per heavy atom. The zero-order valence-corrected chi connectivity index (χ0v) is 24.8. The largest absolute Gasteiger partial charge is 0.264 e. The maximum Gasteiger partial charge on any atom is 0.0346 e. The van der Waals surface area contributed by atoms with Gasteiger partial charge in [-0.05, 0) is 104 Å². The highest BCUT2D eigenvalue weighted by atomic mass is 14.6. The van der Waals surface area contributed by atoms with Crippen molar-refractivity contribution in [3.8, 4) is 44.5 Å². The van der Waals surface area contributed by atoms with Gasteiger partial charge >= 0.3 is 0 Å². The zero-order valence-electron chi connectivity index (χ0n) is 24.8. The van der Waals surface area contributed by atoms with Gasteiger partial charge in [0, 0.05) is 35.9 Å². The summed E-state index contributed by atoms with van der Waals surface area (Å²) in [5.74, 6) is 0.631. The number of hydrogen-bond donors (Lipinski definition) is 0. The van der Waals surface area contributed by atoms with E-state index < -0.39 is 0 Å². The smallest absolute Gasteiger partial charge is 0.0346 e. The van der Waals surface area contributed by atoms with Gasteiger partial charge in [-0.3, -0.25) is 9.97 Å². The molecule has 2 heterocycles. The first-order valence-corrected chi connectivity index (χ1v) is 15.8. The standard InChI is InChI=1S/C42H34N2/c1-2-10-29(11-3-1)32-20-21-39-40(26-32)42(34-15-7-13-31(25-34)36-17-9-23-44-28-36)38-19-5-4-18-37(38)41(39)33-14-6-12-30(24-33)35-16-8-22-43-27-35/h4-9,12-29H,1-3,10-11H2. The molecule has 44 heavy (non-hydrogen) atoms. The number of fused-ring (bicyclic) bond motifs is 2. The third kappa shape index (κ3) is 4.87. The molecule has 0 radical (unpaired) electrons. The summed E-state index contributed by atoms with van der Waals surface area (Å²) in [5.41, 5.74) is 11.2. The fourth-order valence-electron chi connectivity index (χ4n) is 7.28. The second-order valence-electron chi connectivity index (χ2n) is 12.1. The van der Waals surface area contributed by atoms with Crippen LogP contribution in [0.1, 0.15) is 43.6 Å². The summed E-state index contributed by atoms with van der Waals surface area (Å²) in [6, 6.07) is 42.6. The number of benzene rings is 5. The SMILES string of the molecule is c1cncc(-c2cccc(-c3c4ccccc4c(-c4cccc(-c5cccnc5)c4)c4cc(C5CCCCC5)ccc34)c2)c1. The summed E-state index contributed by atoms with van der Waals surface area (Å²) >= 11 is 0. The van der Waals surface area contributed by atoms with Crippen molar-refractivity contribution in [1.82, 2.24) is 9.97 Å². The molecular weight excluding hydrogens is 532 g/mol. The van der Waals surface area contributed by atoms with Crippen LogP contribution in [0.2, 0.25) is 0 Å². The molecule has 7 aromatic rings. The lowest BCUT2D eigenvalue weighted by atomic mass is 9.80. The molecule has 5 aromatic carbocycles. The fourth-order valence-corrected chi connectivity index (χ4v) is 7.28. The average Bonchev–Trinajstić information content (AvgIpc) is 3.11. The van der Waals surface area contributed by atoms with E-state index in [0.717, 1.165) is 11.1 Å². The van der Waals surface area contributed by atoms with Crippen LogP contribution in [0.25, 0.3) is 66.1 Å². The van der Waals surface area contributed by atoms with E-state index in [1.54, 1.807) is 0 Å². The summed E-state index contributed by atoms with van der Waals surface area (Å²) in [6.07, 6.45) is 14.1. The van der Waals surface area contributed by atoms with Crippen molar-refractivity contribution in [3.05, 3.63) is 146 Å². The number of nitrogens with zero attached hydrogens (tertiary/aromatic N) is 2. The van der Waals surface area contributed by atoms with Gasteiger partial charge < -0.3 is 0 Å². The highest BCUT2D eigenvalue weighted by Gasteiger charge is 2.21. The van der Waals surface area contributed by atoms with Gasteiger partial charge in [-0.25, -0.2) is 0 Å². The van der Waals surface area contributed by atoms with Crippen LogP contribution in [-0.2, 0) is 0 Å². The maximum absolute atomic E-state index is 4.40. The molecule has 0 aliphatic heterocycles. The molecule has 8 rings (SSSR count). The molecule has 0 unspecified atom stereocenters. The van der Waals surface area contributed by atoms with Crippen molar-refractivity contribution >= 4 is 21.5 Å². The lowest BCUT2D eigenvalue weighted by molar-refractivity contribution is 0.444. The molecule has 0 atom stereocenters. The van der Waals surface area contributed by atoms with E-state index in [0.29, 0.717) is 5.92 Å². The van der Waals surface area contributed by atoms with Crippen molar-refractivity contribution in [2.45, 2.75) is 38.0 Å². The van der Waals surface area contributed by atoms with Crippen LogP contribution in [0.15, 0.2) is 140 Å². The Bertz CT molecular complexity index is 2090. The van der Waals surface area contributed by atoms with Gasteiger partial charge in [-0.2, -0.15) is 0 Å². The second kappa shape index (κ2) is 11.5. The molecule has 1 aliphatic rings. The summed E-state index contributed by atoms with van der Waals surface area (Å²) in [4.78, 5) is 8.78. The predicted molar refractivity (Wildman–Crippen MR) is 185 cm³/mol. The molecule has 2 nitrogen and oxygen atoms in total. The monoisotopic (exact) mass is 566 g/mol. The van der Waals surface area contributed by atoms with Gasteiger partial charge in [0.15, 0.2) is 0 Å². The first-order chi connectivity index (χ1) is 21.8. The van der Waals surface area contributed by atoms with Crippen LogP contribution in [0, 0.1) is 0 Å². The lowest BCUT2D eigenvalue weighted by Crippen LogP contribution is -2.04.